The van der Waals surface area contributed by atoms with E-state index in [4.69, 9.17) is 9.57 Å². The van der Waals surface area contributed by atoms with E-state index in [9.17, 15) is 31.2 Å². The molecule has 1 aromatic heterocycles. The number of halogens is 3. The first-order valence-electron chi connectivity index (χ1n) is 10.5. The Morgan fingerprint density at radius 2 is 1.94 bits per heavy atom. The van der Waals surface area contributed by atoms with Crippen molar-refractivity contribution in [2.45, 2.75) is 50.2 Å². The number of benzene rings is 1. The van der Waals surface area contributed by atoms with Crippen molar-refractivity contribution in [2.75, 3.05) is 12.9 Å². The Labute approximate surface area is 194 Å². The molecule has 1 N–H and O–H groups in total. The number of nitrogens with zero attached hydrogens (tertiary/aromatic N) is 1. The van der Waals surface area contributed by atoms with Gasteiger partial charge in [-0.05, 0) is 43.9 Å². The normalized spacial score (nSPS) is 18.3. The van der Waals surface area contributed by atoms with Crippen LogP contribution in [0.2, 0.25) is 0 Å². The highest BCUT2D eigenvalue weighted by atomic mass is 32.2. The second-order valence-electron chi connectivity index (χ2n) is 8.29. The molecule has 0 aliphatic carbocycles. The summed E-state index contributed by atoms with van der Waals surface area (Å²) in [5.74, 6) is -4.17. The number of sulfone groups is 1. The quantitative estimate of drug-likeness (QED) is 0.557. The Morgan fingerprint density at radius 3 is 2.56 bits per heavy atom. The van der Waals surface area contributed by atoms with E-state index in [1.165, 1.54) is 6.92 Å². The number of hydrogen-bond donors (Lipinski definition) is 1. The van der Waals surface area contributed by atoms with Gasteiger partial charge in [0.1, 0.15) is 5.82 Å². The van der Waals surface area contributed by atoms with Gasteiger partial charge < -0.3 is 9.30 Å². The number of carbonyl (C=O) groups excluding carboxylic acids is 1. The van der Waals surface area contributed by atoms with Crippen LogP contribution in [0.15, 0.2) is 35.3 Å². The number of hydroxylamine groups is 1. The molecule has 2 atom stereocenters. The second-order valence-corrected chi connectivity index (χ2v) is 10.7. The summed E-state index contributed by atoms with van der Waals surface area (Å²) in [4.78, 5) is 30.4. The summed E-state index contributed by atoms with van der Waals surface area (Å²) in [6.45, 7) is 1.32. The van der Waals surface area contributed by atoms with Gasteiger partial charge in [0, 0.05) is 43.7 Å². The molecule has 0 saturated carbocycles. The third-order valence-corrected chi connectivity index (χ3v) is 7.88. The summed E-state index contributed by atoms with van der Waals surface area (Å²) in [5, 5.41) is 0. The Balaban J connectivity index is 1.78. The van der Waals surface area contributed by atoms with Crippen molar-refractivity contribution >= 4 is 15.7 Å². The molecular weight excluding hydrogens is 477 g/mol. The maximum Gasteiger partial charge on any atom is 0.264 e. The molecule has 0 radical (unpaired) electrons. The monoisotopic (exact) mass is 502 g/mol. The van der Waals surface area contributed by atoms with Gasteiger partial charge in [-0.15, -0.1) is 0 Å². The standard InChI is InChI=1S/C22H25F3N2O6S/c1-22(34(2,30)31,21(29)26-33-20-5-3-4-10-32-20)8-9-27-13-18(25)15(12-19(27)28)14-6-7-16(23)17(24)11-14/h6-7,11-13,20H,3-5,8-10H2,1-2H3,(H,26,29)/t20?,22-/m1/s1. The predicted molar refractivity (Wildman–Crippen MR) is 117 cm³/mol. The lowest BCUT2D eigenvalue weighted by atomic mass is 10.0. The third kappa shape index (κ3) is 5.68. The number of aryl methyl sites for hydroxylation is 1. The van der Waals surface area contributed by atoms with Crippen LogP contribution >= 0.6 is 0 Å². The summed E-state index contributed by atoms with van der Waals surface area (Å²) in [7, 11) is -3.99. The maximum absolute atomic E-state index is 14.7. The first-order valence-corrected chi connectivity index (χ1v) is 12.4. The van der Waals surface area contributed by atoms with Crippen LogP contribution in [0.1, 0.15) is 32.6 Å². The van der Waals surface area contributed by atoms with Crippen molar-refractivity contribution in [3.63, 3.8) is 0 Å². The topological polar surface area (TPSA) is 104 Å². The number of carbonyl (C=O) groups is 1. The van der Waals surface area contributed by atoms with Gasteiger partial charge in [-0.2, -0.15) is 0 Å². The molecule has 1 saturated heterocycles. The van der Waals surface area contributed by atoms with Gasteiger partial charge in [-0.1, -0.05) is 6.07 Å². The molecule has 34 heavy (non-hydrogen) atoms. The van der Waals surface area contributed by atoms with Crippen LogP contribution in [0, 0.1) is 17.5 Å². The molecule has 3 rings (SSSR count). The lowest BCUT2D eigenvalue weighted by Gasteiger charge is -2.28. The van der Waals surface area contributed by atoms with Gasteiger partial charge in [0.05, 0.1) is 0 Å². The zero-order valence-electron chi connectivity index (χ0n) is 18.6. The molecule has 12 heteroatoms. The molecule has 0 bridgehead atoms. The molecule has 1 aromatic carbocycles. The van der Waals surface area contributed by atoms with E-state index < -0.39 is 49.8 Å². The highest BCUT2D eigenvalue weighted by molar-refractivity contribution is 7.92. The second kappa shape index (κ2) is 10.3. The smallest absolute Gasteiger partial charge is 0.264 e. The van der Waals surface area contributed by atoms with Crippen LogP contribution in [0.25, 0.3) is 11.1 Å². The number of pyridine rings is 1. The minimum Gasteiger partial charge on any atom is -0.350 e. The summed E-state index contributed by atoms with van der Waals surface area (Å²) in [6, 6.07) is 3.59. The minimum absolute atomic E-state index is 0.0388. The Hall–Kier alpha value is -2.70. The predicted octanol–water partition coefficient (Wildman–Crippen LogP) is 2.70. The largest absolute Gasteiger partial charge is 0.350 e. The number of aromatic nitrogens is 1. The Bertz CT molecular complexity index is 1230. The average molecular weight is 503 g/mol. The molecule has 1 unspecified atom stereocenters. The number of rotatable bonds is 8. The van der Waals surface area contributed by atoms with Crippen LogP contribution in [-0.4, -0.2) is 42.8 Å². The van der Waals surface area contributed by atoms with Crippen molar-refractivity contribution in [3.05, 3.63) is 58.3 Å². The van der Waals surface area contributed by atoms with Crippen molar-refractivity contribution < 1.29 is 36.0 Å². The van der Waals surface area contributed by atoms with Gasteiger partial charge in [0.25, 0.3) is 11.5 Å². The van der Waals surface area contributed by atoms with E-state index in [2.05, 4.69) is 5.48 Å². The van der Waals surface area contributed by atoms with E-state index in [0.717, 1.165) is 54.1 Å². The Morgan fingerprint density at radius 1 is 1.21 bits per heavy atom. The van der Waals surface area contributed by atoms with Crippen LogP contribution in [0.3, 0.4) is 0 Å². The van der Waals surface area contributed by atoms with E-state index in [-0.39, 0.29) is 24.1 Å². The van der Waals surface area contributed by atoms with Gasteiger partial charge in [-0.3, -0.25) is 9.59 Å². The fourth-order valence-corrected chi connectivity index (χ4v) is 4.28. The fourth-order valence-electron chi connectivity index (χ4n) is 3.44. The summed E-state index contributed by atoms with van der Waals surface area (Å²) < 4.78 is 70.5. The molecule has 186 valence electrons. The van der Waals surface area contributed by atoms with Crippen molar-refractivity contribution in [2.24, 2.45) is 0 Å². The first kappa shape index (κ1) is 25.9. The molecule has 1 fully saturated rings. The summed E-state index contributed by atoms with van der Waals surface area (Å²) in [5.41, 5.74) is 1.13. The fraction of sp³-hybridized carbons (Fsp3) is 0.455. The number of hydrogen-bond acceptors (Lipinski definition) is 6. The molecule has 0 spiro atoms. The molecule has 8 nitrogen and oxygen atoms in total. The SMILES string of the molecule is C[C@@](CCn1cc(F)c(-c2ccc(F)c(F)c2)cc1=O)(C(=O)NOC1CCCCO1)S(C)(=O)=O. The zero-order valence-corrected chi connectivity index (χ0v) is 19.5. The van der Waals surface area contributed by atoms with Gasteiger partial charge in [0.2, 0.25) is 0 Å². The Kier molecular flexibility index (Phi) is 7.84. The summed E-state index contributed by atoms with van der Waals surface area (Å²) >= 11 is 0. The van der Waals surface area contributed by atoms with Gasteiger partial charge in [-0.25, -0.2) is 31.9 Å². The molecule has 2 heterocycles. The highest BCUT2D eigenvalue weighted by Gasteiger charge is 2.44. The molecule has 2 aromatic rings. The van der Waals surface area contributed by atoms with E-state index in [0.29, 0.717) is 13.0 Å². The van der Waals surface area contributed by atoms with E-state index in [1.54, 1.807) is 0 Å². The zero-order chi connectivity index (χ0) is 25.1. The van der Waals surface area contributed by atoms with Gasteiger partial charge >= 0.3 is 0 Å². The maximum atomic E-state index is 14.7. The van der Waals surface area contributed by atoms with Crippen LogP contribution in [-0.2, 0) is 30.8 Å². The number of amides is 1. The van der Waals surface area contributed by atoms with Crippen molar-refractivity contribution in [1.82, 2.24) is 10.0 Å². The molecule has 1 amide bonds. The lowest BCUT2D eigenvalue weighted by molar-refractivity contribution is -0.201. The van der Waals surface area contributed by atoms with E-state index >= 15 is 0 Å². The summed E-state index contributed by atoms with van der Waals surface area (Å²) in [6.07, 6.45) is 2.87. The molecular formula is C22H25F3N2O6S. The van der Waals surface area contributed by atoms with Crippen molar-refractivity contribution in [1.29, 1.82) is 0 Å². The van der Waals surface area contributed by atoms with Crippen LogP contribution in [0.5, 0.6) is 0 Å². The first-order chi connectivity index (χ1) is 15.9. The average Bonchev–Trinajstić information content (AvgIpc) is 2.79. The van der Waals surface area contributed by atoms with Gasteiger partial charge in [0.15, 0.2) is 32.5 Å². The molecule has 1 aliphatic heterocycles. The molecule has 1 aliphatic rings. The van der Waals surface area contributed by atoms with Crippen LogP contribution < -0.4 is 11.0 Å². The third-order valence-electron chi connectivity index (χ3n) is 5.86. The van der Waals surface area contributed by atoms with Crippen LogP contribution in [0.4, 0.5) is 13.2 Å². The van der Waals surface area contributed by atoms with Crippen molar-refractivity contribution in [3.8, 4) is 11.1 Å². The highest BCUT2D eigenvalue weighted by Crippen LogP contribution is 2.25. The lowest BCUT2D eigenvalue weighted by Crippen LogP contribution is -2.51. The number of nitrogens with one attached hydrogen (secondary N) is 1. The van der Waals surface area contributed by atoms with E-state index in [1.807, 2.05) is 0 Å². The minimum atomic E-state index is -3.99. The number of ether oxygens (including phenoxy) is 1.